The summed E-state index contributed by atoms with van der Waals surface area (Å²) in [5, 5.41) is 17.5. The Bertz CT molecular complexity index is 2060. The monoisotopic (exact) mass is 752 g/mol. The fourth-order valence-electron chi connectivity index (χ4n) is 5.28. The van der Waals surface area contributed by atoms with E-state index in [0.29, 0.717) is 19.4 Å². The third-order valence-electron chi connectivity index (χ3n) is 7.57. The number of nitrogen functional groups attached to an aromatic ring is 1. The summed E-state index contributed by atoms with van der Waals surface area (Å²) < 4.78 is 67.7. The van der Waals surface area contributed by atoms with E-state index in [1.807, 2.05) is 0 Å². The topological polar surface area (TPSA) is 251 Å². The third-order valence-corrected chi connectivity index (χ3v) is 10.2. The smallest absolute Gasteiger partial charge is 0.744 e. The molecule has 3 aromatic rings. The van der Waals surface area contributed by atoms with Gasteiger partial charge in [-0.15, -0.1) is 0 Å². The van der Waals surface area contributed by atoms with Gasteiger partial charge < -0.3 is 36.1 Å². The normalized spacial score (nSPS) is 13.3. The summed E-state index contributed by atoms with van der Waals surface area (Å²) in [6.07, 6.45) is 0.220. The molecule has 0 spiro atoms. The maximum absolute atomic E-state index is 13.5. The Hall–Kier alpha value is -3.84. The van der Waals surface area contributed by atoms with Crippen LogP contribution in [0.2, 0.25) is 0 Å². The van der Waals surface area contributed by atoms with Crippen molar-refractivity contribution in [2.75, 3.05) is 29.9 Å². The number of ether oxygens (including phenoxy) is 1. The van der Waals surface area contributed by atoms with Crippen LogP contribution in [-0.4, -0.2) is 80.6 Å². The van der Waals surface area contributed by atoms with Crippen LogP contribution < -0.4 is 51.2 Å². The zero-order chi connectivity index (χ0) is 37.0. The molecule has 0 unspecified atom stereocenters. The Kier molecular flexibility index (Phi) is 13.6. The zero-order valence-electron chi connectivity index (χ0n) is 28.4. The predicted molar refractivity (Wildman–Crippen MR) is 181 cm³/mol. The average molecular weight is 753 g/mol. The standard InChI is InChI=1S/C33H38N4O11S2.Na/c1-33(2,3)48-32(42)37-23(31(40)41)13-6-7-14-35-15-16-49(43,44)20-10-8-9-19(17-20)36-24-18-25(50(45,46)47)28(34)27-26(24)29(38)21-11-4-5-12-22(21)30(27)39;/h4-5,8-12,17-18,23,35-36H,6-7,13-16,34H2,1-3H3,(H,37,42)(H,40,41)(H,45,46,47);/q;+1/p-1/t23-;/m0./s1. The number of nitrogens with one attached hydrogen (secondary N) is 3. The number of unbranched alkanes of at least 4 members (excludes halogenated alkanes) is 1. The Labute approximate surface area is 317 Å². The number of sulfone groups is 1. The molecule has 18 heteroatoms. The van der Waals surface area contributed by atoms with Crippen LogP contribution in [0.5, 0.6) is 0 Å². The number of alkyl carbamates (subject to hydrolysis) is 1. The van der Waals surface area contributed by atoms with Crippen molar-refractivity contribution in [3.8, 4) is 0 Å². The summed E-state index contributed by atoms with van der Waals surface area (Å²) in [5.41, 5.74) is 3.77. The van der Waals surface area contributed by atoms with Crippen LogP contribution in [0.3, 0.4) is 0 Å². The van der Waals surface area contributed by atoms with Gasteiger partial charge in [-0.1, -0.05) is 30.3 Å². The summed E-state index contributed by atoms with van der Waals surface area (Å²) in [5.74, 6) is -2.91. The fourth-order valence-corrected chi connectivity index (χ4v) is 7.15. The molecule has 15 nitrogen and oxygen atoms in total. The van der Waals surface area contributed by atoms with Crippen molar-refractivity contribution in [1.29, 1.82) is 0 Å². The molecular formula is C33H37N4NaO11S2. The van der Waals surface area contributed by atoms with Crippen molar-refractivity contribution in [2.24, 2.45) is 0 Å². The van der Waals surface area contributed by atoms with Gasteiger partial charge in [-0.2, -0.15) is 0 Å². The van der Waals surface area contributed by atoms with E-state index in [9.17, 15) is 45.7 Å². The van der Waals surface area contributed by atoms with E-state index in [-0.39, 0.29) is 81.2 Å². The number of hydrogen-bond acceptors (Lipinski definition) is 13. The summed E-state index contributed by atoms with van der Waals surface area (Å²) >= 11 is 0. The number of carbonyl (C=O) groups is 4. The molecule has 4 rings (SSSR count). The number of aliphatic carboxylic acids is 1. The number of fused-ring (bicyclic) bond motifs is 2. The molecule has 6 N–H and O–H groups in total. The van der Waals surface area contributed by atoms with Crippen molar-refractivity contribution < 1.29 is 80.0 Å². The van der Waals surface area contributed by atoms with Crippen LogP contribution in [-0.2, 0) is 29.5 Å². The van der Waals surface area contributed by atoms with Crippen molar-refractivity contribution in [2.45, 2.75) is 61.5 Å². The van der Waals surface area contributed by atoms with Crippen LogP contribution in [0.4, 0.5) is 21.9 Å². The Morgan fingerprint density at radius 3 is 2.14 bits per heavy atom. The van der Waals surface area contributed by atoms with E-state index in [2.05, 4.69) is 16.0 Å². The van der Waals surface area contributed by atoms with Gasteiger partial charge in [0, 0.05) is 23.4 Å². The van der Waals surface area contributed by atoms with E-state index in [1.54, 1.807) is 26.8 Å². The predicted octanol–water partition coefficient (Wildman–Crippen LogP) is 0.207. The van der Waals surface area contributed by atoms with E-state index in [0.717, 1.165) is 6.07 Å². The largest absolute Gasteiger partial charge is 1.00 e. The van der Waals surface area contributed by atoms with Crippen LogP contribution in [0.1, 0.15) is 71.9 Å². The van der Waals surface area contributed by atoms with Crippen molar-refractivity contribution in [1.82, 2.24) is 10.6 Å². The third kappa shape index (κ3) is 10.4. The Balaban J connectivity index is 0.00000702. The molecule has 0 saturated carbocycles. The van der Waals surface area contributed by atoms with Gasteiger partial charge in [0.1, 0.15) is 21.8 Å². The number of carboxylic acid groups (broad SMARTS) is 1. The van der Waals surface area contributed by atoms with Gasteiger partial charge in [-0.25, -0.2) is 26.4 Å². The first-order valence-corrected chi connectivity index (χ1v) is 18.5. The summed E-state index contributed by atoms with van der Waals surface area (Å²) in [7, 11) is -9.06. The molecule has 0 aromatic heterocycles. The number of carboxylic acids is 1. The number of hydrogen-bond donors (Lipinski definition) is 5. The number of carbonyl (C=O) groups excluding carboxylic acids is 3. The minimum atomic E-state index is -5.20. The maximum atomic E-state index is 13.5. The quantitative estimate of drug-likeness (QED) is 0.0500. The maximum Gasteiger partial charge on any atom is 1.00 e. The second kappa shape index (κ2) is 16.7. The molecule has 1 aliphatic carbocycles. The first-order valence-electron chi connectivity index (χ1n) is 15.4. The van der Waals surface area contributed by atoms with Gasteiger partial charge >= 0.3 is 41.6 Å². The van der Waals surface area contributed by atoms with Crippen LogP contribution in [0.25, 0.3) is 0 Å². The summed E-state index contributed by atoms with van der Waals surface area (Å²) in [4.78, 5) is 49.3. The fraction of sp³-hybridized carbons (Fsp3) is 0.333. The van der Waals surface area contributed by atoms with Crippen molar-refractivity contribution in [3.05, 3.63) is 76.9 Å². The minimum Gasteiger partial charge on any atom is -0.744 e. The van der Waals surface area contributed by atoms with Gasteiger partial charge in [0.25, 0.3) is 0 Å². The SMILES string of the molecule is CC(C)(C)OC(=O)N[C@@H](CCCCNCCS(=O)(=O)c1cccc(Nc2cc(S(=O)(=O)[O-])c(N)c3c2C(=O)c2ccccc2C3=O)c1)C(=O)O.[Na+]. The number of amides is 1. The minimum absolute atomic E-state index is 0. The molecule has 268 valence electrons. The van der Waals surface area contributed by atoms with Crippen molar-refractivity contribution >= 4 is 60.6 Å². The average Bonchev–Trinajstić information content (AvgIpc) is 3.01. The second-order valence-electron chi connectivity index (χ2n) is 12.5. The molecule has 3 aromatic carbocycles. The number of rotatable bonds is 14. The molecule has 51 heavy (non-hydrogen) atoms. The molecule has 0 radical (unpaired) electrons. The molecule has 0 fully saturated rings. The summed E-state index contributed by atoms with van der Waals surface area (Å²) in [6, 6.07) is 11.1. The van der Waals surface area contributed by atoms with Gasteiger partial charge in [0.15, 0.2) is 21.4 Å². The Morgan fingerprint density at radius 2 is 1.55 bits per heavy atom. The first kappa shape index (κ1) is 41.6. The molecule has 0 bridgehead atoms. The second-order valence-corrected chi connectivity index (χ2v) is 16.0. The van der Waals surface area contributed by atoms with Gasteiger partial charge in [-0.3, -0.25) is 9.59 Å². The van der Waals surface area contributed by atoms with E-state index >= 15 is 0 Å². The van der Waals surface area contributed by atoms with Crippen molar-refractivity contribution in [3.63, 3.8) is 0 Å². The summed E-state index contributed by atoms with van der Waals surface area (Å²) in [6.45, 7) is 5.41. The van der Waals surface area contributed by atoms with E-state index in [4.69, 9.17) is 10.5 Å². The Morgan fingerprint density at radius 1 is 0.922 bits per heavy atom. The van der Waals surface area contributed by atoms with Crippen LogP contribution in [0.15, 0.2) is 64.4 Å². The molecule has 0 heterocycles. The number of nitrogens with two attached hydrogens (primary N) is 1. The molecule has 0 aliphatic heterocycles. The van der Waals surface area contributed by atoms with E-state index < -0.39 is 71.4 Å². The number of benzene rings is 3. The van der Waals surface area contributed by atoms with Gasteiger partial charge in [0.05, 0.1) is 38.0 Å². The molecular weight excluding hydrogens is 716 g/mol. The number of ketones is 2. The molecule has 1 atom stereocenters. The zero-order valence-corrected chi connectivity index (χ0v) is 32.1. The van der Waals surface area contributed by atoms with Crippen LogP contribution >= 0.6 is 0 Å². The first-order chi connectivity index (χ1) is 23.3. The van der Waals surface area contributed by atoms with Gasteiger partial charge in [-0.05, 0) is 70.8 Å². The molecule has 0 saturated heterocycles. The molecule has 1 amide bonds. The van der Waals surface area contributed by atoms with Crippen LogP contribution in [0, 0.1) is 0 Å². The van der Waals surface area contributed by atoms with E-state index in [1.165, 1.54) is 42.5 Å². The van der Waals surface area contributed by atoms with Gasteiger partial charge in [0.2, 0.25) is 0 Å². The molecule has 1 aliphatic rings. The number of anilines is 3.